The van der Waals surface area contributed by atoms with Gasteiger partial charge < -0.3 is 19.5 Å². The summed E-state index contributed by atoms with van der Waals surface area (Å²) in [7, 11) is 0. The van der Waals surface area contributed by atoms with Gasteiger partial charge in [0.25, 0.3) is 0 Å². The Morgan fingerprint density at radius 3 is 2.55 bits per heavy atom. The second-order valence-corrected chi connectivity index (χ2v) is 7.01. The maximum Gasteiger partial charge on any atom is 0.162 e. The summed E-state index contributed by atoms with van der Waals surface area (Å²) in [5, 5.41) is 3.20. The number of pyridine rings is 1. The SMILES string of the molecule is Fc1ccc(Oc2cc(Nc3ccccn3)cc(OCCN3CCOCC3)c2)cc1F. The summed E-state index contributed by atoms with van der Waals surface area (Å²) in [6, 6.07) is 14.2. The molecule has 0 bridgehead atoms. The molecule has 0 radical (unpaired) electrons. The molecule has 4 rings (SSSR count). The van der Waals surface area contributed by atoms with E-state index in [9.17, 15) is 8.78 Å². The van der Waals surface area contributed by atoms with Crippen molar-refractivity contribution in [1.82, 2.24) is 9.88 Å². The fraction of sp³-hybridized carbons (Fsp3) is 0.261. The molecule has 0 amide bonds. The van der Waals surface area contributed by atoms with Gasteiger partial charge >= 0.3 is 0 Å². The van der Waals surface area contributed by atoms with Crippen molar-refractivity contribution in [3.8, 4) is 17.2 Å². The highest BCUT2D eigenvalue weighted by molar-refractivity contribution is 5.61. The molecule has 1 aliphatic rings. The van der Waals surface area contributed by atoms with Crippen molar-refractivity contribution in [3.63, 3.8) is 0 Å². The van der Waals surface area contributed by atoms with E-state index in [-0.39, 0.29) is 5.75 Å². The quantitative estimate of drug-likeness (QED) is 0.567. The average molecular weight is 427 g/mol. The molecule has 0 atom stereocenters. The molecule has 8 heteroatoms. The second-order valence-electron chi connectivity index (χ2n) is 7.01. The van der Waals surface area contributed by atoms with E-state index in [2.05, 4.69) is 15.2 Å². The largest absolute Gasteiger partial charge is 0.492 e. The molecule has 1 aliphatic heterocycles. The molecule has 0 spiro atoms. The first kappa shape index (κ1) is 21.0. The van der Waals surface area contributed by atoms with Crippen molar-refractivity contribution in [2.24, 2.45) is 0 Å². The van der Waals surface area contributed by atoms with Crippen molar-refractivity contribution in [2.45, 2.75) is 0 Å². The Hall–Kier alpha value is -3.23. The van der Waals surface area contributed by atoms with Crippen LogP contribution in [0, 0.1) is 11.6 Å². The number of morpholine rings is 1. The molecule has 1 fully saturated rings. The Labute approximate surface area is 179 Å². The summed E-state index contributed by atoms with van der Waals surface area (Å²) in [6.07, 6.45) is 1.68. The average Bonchev–Trinajstić information content (AvgIpc) is 2.78. The molecule has 2 heterocycles. The summed E-state index contributed by atoms with van der Waals surface area (Å²) in [4.78, 5) is 6.54. The van der Waals surface area contributed by atoms with Crippen LogP contribution in [-0.4, -0.2) is 49.3 Å². The minimum Gasteiger partial charge on any atom is -0.492 e. The third-order valence-electron chi connectivity index (χ3n) is 4.72. The first-order chi connectivity index (χ1) is 15.2. The van der Waals surface area contributed by atoms with Gasteiger partial charge in [0.1, 0.15) is 29.7 Å². The van der Waals surface area contributed by atoms with Crippen LogP contribution >= 0.6 is 0 Å². The predicted molar refractivity (Wildman–Crippen MR) is 113 cm³/mol. The Balaban J connectivity index is 1.50. The first-order valence-electron chi connectivity index (χ1n) is 10.0. The van der Waals surface area contributed by atoms with Crippen LogP contribution in [0.1, 0.15) is 0 Å². The third kappa shape index (κ3) is 6.13. The smallest absolute Gasteiger partial charge is 0.162 e. The fourth-order valence-corrected chi connectivity index (χ4v) is 3.16. The lowest BCUT2D eigenvalue weighted by atomic mass is 10.2. The maximum absolute atomic E-state index is 13.6. The van der Waals surface area contributed by atoms with Gasteiger partial charge in [0.15, 0.2) is 11.6 Å². The number of nitrogens with zero attached hydrogens (tertiary/aromatic N) is 2. The van der Waals surface area contributed by atoms with Crippen molar-refractivity contribution < 1.29 is 23.0 Å². The van der Waals surface area contributed by atoms with E-state index in [0.29, 0.717) is 29.6 Å². The van der Waals surface area contributed by atoms with Crippen LogP contribution < -0.4 is 14.8 Å². The number of benzene rings is 2. The summed E-state index contributed by atoms with van der Waals surface area (Å²) in [5.74, 6) is -0.0349. The molecule has 1 aromatic heterocycles. The molecule has 162 valence electrons. The monoisotopic (exact) mass is 427 g/mol. The zero-order valence-electron chi connectivity index (χ0n) is 16.9. The molecule has 3 aromatic rings. The third-order valence-corrected chi connectivity index (χ3v) is 4.72. The predicted octanol–water partition coefficient (Wildman–Crippen LogP) is 4.61. The molecule has 1 saturated heterocycles. The molecule has 1 N–H and O–H groups in total. The standard InChI is InChI=1S/C23H23F2N3O3/c24-21-5-4-18(16-22(21)25)31-20-14-17(27-23-3-1-2-6-26-23)13-19(15-20)30-12-9-28-7-10-29-11-8-28/h1-6,13-16H,7-12H2,(H,26,27). The summed E-state index contributed by atoms with van der Waals surface area (Å²) in [5.41, 5.74) is 0.695. The number of aromatic nitrogens is 1. The van der Waals surface area contributed by atoms with Crippen molar-refractivity contribution in [1.29, 1.82) is 0 Å². The number of nitrogens with one attached hydrogen (secondary N) is 1. The zero-order valence-corrected chi connectivity index (χ0v) is 16.9. The Bertz CT molecular complexity index is 999. The first-order valence-corrected chi connectivity index (χ1v) is 10.0. The lowest BCUT2D eigenvalue weighted by Gasteiger charge is -2.26. The number of hydrogen-bond donors (Lipinski definition) is 1. The van der Waals surface area contributed by atoms with Crippen LogP contribution in [0.5, 0.6) is 17.2 Å². The Morgan fingerprint density at radius 1 is 0.935 bits per heavy atom. The molecule has 0 aliphatic carbocycles. The number of rotatable bonds is 8. The summed E-state index contributed by atoms with van der Waals surface area (Å²) < 4.78 is 43.8. The van der Waals surface area contributed by atoms with Crippen LogP contribution in [-0.2, 0) is 4.74 Å². The number of hydrogen-bond acceptors (Lipinski definition) is 6. The minimum atomic E-state index is -0.970. The molecule has 0 saturated carbocycles. The maximum atomic E-state index is 13.6. The van der Waals surface area contributed by atoms with E-state index in [1.807, 2.05) is 24.3 Å². The zero-order chi connectivity index (χ0) is 21.5. The van der Waals surface area contributed by atoms with Crippen LogP contribution in [0.15, 0.2) is 60.8 Å². The molecule has 6 nitrogen and oxygen atoms in total. The second kappa shape index (κ2) is 10.2. The van der Waals surface area contributed by atoms with E-state index >= 15 is 0 Å². The summed E-state index contributed by atoms with van der Waals surface area (Å²) in [6.45, 7) is 4.51. The minimum absolute atomic E-state index is 0.188. The molecule has 31 heavy (non-hydrogen) atoms. The molecule has 0 unspecified atom stereocenters. The van der Waals surface area contributed by atoms with E-state index < -0.39 is 11.6 Å². The summed E-state index contributed by atoms with van der Waals surface area (Å²) >= 11 is 0. The number of ether oxygens (including phenoxy) is 3. The van der Waals surface area contributed by atoms with Gasteiger partial charge in [-0.3, -0.25) is 4.90 Å². The molecular weight excluding hydrogens is 404 g/mol. The fourth-order valence-electron chi connectivity index (χ4n) is 3.16. The highest BCUT2D eigenvalue weighted by Gasteiger charge is 2.11. The van der Waals surface area contributed by atoms with Gasteiger partial charge in [-0.05, 0) is 24.3 Å². The highest BCUT2D eigenvalue weighted by Crippen LogP contribution is 2.31. The van der Waals surface area contributed by atoms with Crippen LogP contribution in [0.3, 0.4) is 0 Å². The van der Waals surface area contributed by atoms with Crippen LogP contribution in [0.25, 0.3) is 0 Å². The van der Waals surface area contributed by atoms with Gasteiger partial charge in [-0.2, -0.15) is 0 Å². The van der Waals surface area contributed by atoms with Gasteiger partial charge in [0.2, 0.25) is 0 Å². The van der Waals surface area contributed by atoms with Crippen molar-refractivity contribution >= 4 is 11.5 Å². The number of anilines is 2. The van der Waals surface area contributed by atoms with Gasteiger partial charge in [0, 0.05) is 55.8 Å². The van der Waals surface area contributed by atoms with Crippen molar-refractivity contribution in [2.75, 3.05) is 44.8 Å². The van der Waals surface area contributed by atoms with E-state index in [1.165, 1.54) is 6.07 Å². The van der Waals surface area contributed by atoms with Crippen LogP contribution in [0.4, 0.5) is 20.3 Å². The molecular formula is C23H23F2N3O3. The van der Waals surface area contributed by atoms with E-state index in [4.69, 9.17) is 14.2 Å². The Kier molecular flexibility index (Phi) is 6.91. The lowest BCUT2D eigenvalue weighted by Crippen LogP contribution is -2.38. The van der Waals surface area contributed by atoms with Gasteiger partial charge in [-0.1, -0.05) is 6.07 Å². The van der Waals surface area contributed by atoms with Gasteiger partial charge in [-0.15, -0.1) is 0 Å². The van der Waals surface area contributed by atoms with Gasteiger partial charge in [-0.25, -0.2) is 13.8 Å². The topological polar surface area (TPSA) is 55.8 Å². The number of halogens is 2. The lowest BCUT2D eigenvalue weighted by molar-refractivity contribution is 0.0322. The molecule has 2 aromatic carbocycles. The van der Waals surface area contributed by atoms with E-state index in [0.717, 1.165) is 45.0 Å². The normalized spacial score (nSPS) is 14.3. The van der Waals surface area contributed by atoms with E-state index in [1.54, 1.807) is 18.3 Å². The van der Waals surface area contributed by atoms with Gasteiger partial charge in [0.05, 0.1) is 13.2 Å². The van der Waals surface area contributed by atoms with Crippen molar-refractivity contribution in [3.05, 3.63) is 72.4 Å². The highest BCUT2D eigenvalue weighted by atomic mass is 19.2. The Morgan fingerprint density at radius 2 is 1.77 bits per heavy atom. The van der Waals surface area contributed by atoms with Crippen LogP contribution in [0.2, 0.25) is 0 Å².